The first-order chi connectivity index (χ1) is 23.4. The SMILES string of the molecule is CC(C)CNS(=O)(=O)c1cc2c(c3cnc(C4CC4)cc13)C(Nc1nncn1-c1cccnc1)CC2Nc1nncn1-c1cccnc1. The predicted molar refractivity (Wildman–Crippen MR) is 179 cm³/mol. The van der Waals surface area contributed by atoms with Crippen LogP contribution in [0.3, 0.4) is 0 Å². The largest absolute Gasteiger partial charge is 0.347 e. The third-order valence-electron chi connectivity index (χ3n) is 8.79. The van der Waals surface area contributed by atoms with E-state index >= 15 is 0 Å². The molecular formula is C33H34N12O2S. The number of fused-ring (bicyclic) bond motifs is 3. The molecule has 8 rings (SSSR count). The molecule has 5 heterocycles. The molecule has 6 aromatic rings. The molecule has 2 atom stereocenters. The Morgan fingerprint density at radius 2 is 1.50 bits per heavy atom. The number of benzene rings is 1. The molecule has 2 unspecified atom stereocenters. The van der Waals surface area contributed by atoms with Crippen LogP contribution in [0.1, 0.15) is 67.9 Å². The molecule has 14 nitrogen and oxygen atoms in total. The van der Waals surface area contributed by atoms with Crippen molar-refractivity contribution in [2.75, 3.05) is 17.2 Å². The van der Waals surface area contributed by atoms with Crippen molar-refractivity contribution in [3.8, 4) is 11.4 Å². The highest BCUT2D eigenvalue weighted by atomic mass is 32.2. The lowest BCUT2D eigenvalue weighted by atomic mass is 9.98. The Hall–Kier alpha value is -5.28. The van der Waals surface area contributed by atoms with Crippen LogP contribution in [0.4, 0.5) is 11.9 Å². The minimum Gasteiger partial charge on any atom is -0.347 e. The molecule has 3 N–H and O–H groups in total. The standard InChI is InChI=1S/C33H34N12O2S/c1-20(2)14-39-48(46,47)30-12-25-28(40-32-42-37-18-44(32)22-5-3-9-34-15-22)13-29(31(25)26-17-36-27(11-24(26)30)21-7-8-21)41-33-43-38-19-45(33)23-6-4-10-35-16-23/h3-6,9-12,15-21,28-29,39H,7-8,13-14H2,1-2H3,(H,40,42)(H,41,43). The second-order valence-electron chi connectivity index (χ2n) is 12.7. The van der Waals surface area contributed by atoms with E-state index in [-0.39, 0.29) is 22.9 Å². The lowest BCUT2D eigenvalue weighted by Crippen LogP contribution is -2.28. The Kier molecular flexibility index (Phi) is 7.56. The highest BCUT2D eigenvalue weighted by Crippen LogP contribution is 2.48. The van der Waals surface area contributed by atoms with Crippen LogP contribution in [0.5, 0.6) is 0 Å². The van der Waals surface area contributed by atoms with E-state index in [1.165, 1.54) is 0 Å². The van der Waals surface area contributed by atoms with Gasteiger partial charge in [-0.25, -0.2) is 13.1 Å². The topological polar surface area (TPSA) is 170 Å². The molecular weight excluding hydrogens is 629 g/mol. The van der Waals surface area contributed by atoms with Crippen molar-refractivity contribution in [1.29, 1.82) is 0 Å². The molecule has 2 aliphatic carbocycles. The van der Waals surface area contributed by atoms with Gasteiger partial charge in [-0.15, -0.1) is 20.4 Å². The van der Waals surface area contributed by atoms with Crippen molar-refractivity contribution in [3.05, 3.63) is 96.9 Å². The molecule has 0 radical (unpaired) electrons. The van der Waals surface area contributed by atoms with Gasteiger partial charge in [0, 0.05) is 47.5 Å². The smallest absolute Gasteiger partial charge is 0.241 e. The van der Waals surface area contributed by atoms with Crippen LogP contribution in [0.2, 0.25) is 0 Å². The number of hydrogen-bond acceptors (Lipinski definition) is 11. The first-order valence-corrected chi connectivity index (χ1v) is 17.4. The molecule has 0 aliphatic heterocycles. The van der Waals surface area contributed by atoms with Gasteiger partial charge in [0.25, 0.3) is 0 Å². The zero-order valence-electron chi connectivity index (χ0n) is 26.4. The number of aromatic nitrogens is 9. The van der Waals surface area contributed by atoms with Crippen molar-refractivity contribution in [3.63, 3.8) is 0 Å². The van der Waals surface area contributed by atoms with Crippen molar-refractivity contribution < 1.29 is 8.42 Å². The highest BCUT2D eigenvalue weighted by Gasteiger charge is 2.37. The van der Waals surface area contributed by atoms with Gasteiger partial charge in [-0.1, -0.05) is 13.8 Å². The fourth-order valence-electron chi connectivity index (χ4n) is 6.30. The zero-order chi connectivity index (χ0) is 32.8. The van der Waals surface area contributed by atoms with Crippen LogP contribution in [0, 0.1) is 5.92 Å². The normalized spacial score (nSPS) is 17.6. The summed E-state index contributed by atoms with van der Waals surface area (Å²) in [5.74, 6) is 1.53. The first kappa shape index (κ1) is 30.1. The van der Waals surface area contributed by atoms with Gasteiger partial charge in [-0.3, -0.25) is 24.1 Å². The Bertz CT molecular complexity index is 2200. The molecule has 0 saturated heterocycles. The Morgan fingerprint density at radius 1 is 0.854 bits per heavy atom. The van der Waals surface area contributed by atoms with Gasteiger partial charge in [-0.05, 0) is 72.7 Å². The summed E-state index contributed by atoms with van der Waals surface area (Å²) in [6, 6.07) is 10.7. The first-order valence-electron chi connectivity index (χ1n) is 16.0. The number of pyridine rings is 3. The molecule has 1 fully saturated rings. The van der Waals surface area contributed by atoms with E-state index in [0.29, 0.717) is 36.2 Å². The molecule has 1 aromatic carbocycles. The zero-order valence-corrected chi connectivity index (χ0v) is 27.2. The van der Waals surface area contributed by atoms with Gasteiger partial charge in [0.05, 0.1) is 40.7 Å². The average Bonchev–Trinajstić information content (AvgIpc) is 3.51. The second-order valence-corrected chi connectivity index (χ2v) is 14.4. The summed E-state index contributed by atoms with van der Waals surface area (Å²) in [6.45, 7) is 4.29. The maximum atomic E-state index is 14.0. The molecule has 0 bridgehead atoms. The van der Waals surface area contributed by atoms with E-state index in [9.17, 15) is 8.42 Å². The van der Waals surface area contributed by atoms with Crippen LogP contribution in [0.25, 0.3) is 22.1 Å². The van der Waals surface area contributed by atoms with Gasteiger partial charge < -0.3 is 10.6 Å². The summed E-state index contributed by atoms with van der Waals surface area (Å²) in [6.07, 6.45) is 14.6. The third kappa shape index (κ3) is 5.64. The number of nitrogens with one attached hydrogen (secondary N) is 3. The summed E-state index contributed by atoms with van der Waals surface area (Å²) in [5, 5.41) is 25.7. The van der Waals surface area contributed by atoms with Gasteiger partial charge in [-0.2, -0.15) is 0 Å². The molecule has 15 heteroatoms. The van der Waals surface area contributed by atoms with E-state index in [1.54, 1.807) is 37.4 Å². The quantitative estimate of drug-likeness (QED) is 0.176. The van der Waals surface area contributed by atoms with E-state index in [2.05, 4.69) is 45.7 Å². The summed E-state index contributed by atoms with van der Waals surface area (Å²) < 4.78 is 34.5. The van der Waals surface area contributed by atoms with Crippen molar-refractivity contribution in [2.24, 2.45) is 5.92 Å². The van der Waals surface area contributed by atoms with Crippen LogP contribution in [0.15, 0.2) is 84.9 Å². The Labute approximate surface area is 277 Å². The van der Waals surface area contributed by atoms with E-state index in [4.69, 9.17) is 4.98 Å². The maximum absolute atomic E-state index is 14.0. The highest BCUT2D eigenvalue weighted by molar-refractivity contribution is 7.89. The van der Waals surface area contributed by atoms with Crippen LogP contribution in [-0.2, 0) is 10.0 Å². The monoisotopic (exact) mass is 662 g/mol. The minimum atomic E-state index is -3.87. The predicted octanol–water partition coefficient (Wildman–Crippen LogP) is 4.71. The fraction of sp³-hybridized carbons (Fsp3) is 0.303. The minimum absolute atomic E-state index is 0.142. The van der Waals surface area contributed by atoms with Crippen LogP contribution < -0.4 is 15.4 Å². The summed E-state index contributed by atoms with van der Waals surface area (Å²) in [4.78, 5) is 13.6. The number of nitrogens with zero attached hydrogens (tertiary/aromatic N) is 9. The molecule has 244 valence electrons. The number of hydrogen-bond donors (Lipinski definition) is 3. The summed E-state index contributed by atoms with van der Waals surface area (Å²) >= 11 is 0. The third-order valence-corrected chi connectivity index (χ3v) is 10.3. The van der Waals surface area contributed by atoms with Crippen LogP contribution in [-0.4, -0.2) is 59.4 Å². The maximum Gasteiger partial charge on any atom is 0.241 e. The second kappa shape index (κ2) is 12.1. The Balaban J connectivity index is 1.27. The van der Waals surface area contributed by atoms with E-state index in [1.807, 2.05) is 65.6 Å². The van der Waals surface area contributed by atoms with Crippen LogP contribution >= 0.6 is 0 Å². The molecule has 1 saturated carbocycles. The molecule has 2 aliphatic rings. The van der Waals surface area contributed by atoms with E-state index in [0.717, 1.165) is 46.4 Å². The van der Waals surface area contributed by atoms with Gasteiger partial charge >= 0.3 is 0 Å². The molecule has 48 heavy (non-hydrogen) atoms. The molecule has 0 spiro atoms. The van der Waals surface area contributed by atoms with Crippen molar-refractivity contribution >= 4 is 32.7 Å². The molecule has 0 amide bonds. The lowest BCUT2D eigenvalue weighted by Gasteiger charge is -2.19. The van der Waals surface area contributed by atoms with E-state index < -0.39 is 10.0 Å². The summed E-state index contributed by atoms with van der Waals surface area (Å²) in [7, 11) is -3.87. The van der Waals surface area contributed by atoms with Crippen molar-refractivity contribution in [1.82, 2.24) is 49.2 Å². The van der Waals surface area contributed by atoms with Crippen molar-refractivity contribution in [2.45, 2.75) is 56.0 Å². The average molecular weight is 663 g/mol. The summed E-state index contributed by atoms with van der Waals surface area (Å²) in [5.41, 5.74) is 4.27. The molecule has 5 aromatic heterocycles. The Morgan fingerprint density at radius 3 is 2.08 bits per heavy atom. The number of sulfonamides is 1. The number of anilines is 2. The lowest BCUT2D eigenvalue weighted by molar-refractivity contribution is 0.561. The fourth-order valence-corrected chi connectivity index (χ4v) is 7.74. The van der Waals surface area contributed by atoms with Gasteiger partial charge in [0.1, 0.15) is 12.7 Å². The number of rotatable bonds is 11. The van der Waals surface area contributed by atoms with Gasteiger partial charge in [0.2, 0.25) is 21.9 Å². The van der Waals surface area contributed by atoms with Gasteiger partial charge in [0.15, 0.2) is 0 Å².